The van der Waals surface area contributed by atoms with Crippen LogP contribution in [0.25, 0.3) is 0 Å². The number of carboxylic acid groups (broad SMARTS) is 1. The van der Waals surface area contributed by atoms with Crippen molar-refractivity contribution in [3.63, 3.8) is 0 Å². The maximum Gasteiger partial charge on any atom is 0.306 e. The van der Waals surface area contributed by atoms with Crippen molar-refractivity contribution in [3.8, 4) is 0 Å². The fourth-order valence-electron chi connectivity index (χ4n) is 1.33. The summed E-state index contributed by atoms with van der Waals surface area (Å²) >= 11 is 0. The average molecular weight is 198 g/mol. The van der Waals surface area contributed by atoms with Crippen LogP contribution in [0, 0.1) is 11.8 Å². The second-order valence-corrected chi connectivity index (χ2v) is 4.01. The van der Waals surface area contributed by atoms with E-state index in [9.17, 15) is 4.79 Å². The van der Waals surface area contributed by atoms with E-state index in [0.29, 0.717) is 0 Å². The molecule has 2 nitrogen and oxygen atoms in total. The highest BCUT2D eigenvalue weighted by molar-refractivity contribution is 5.70. The lowest BCUT2D eigenvalue weighted by Gasteiger charge is -2.16. The van der Waals surface area contributed by atoms with E-state index in [1.54, 1.807) is 6.92 Å². The molecule has 0 unspecified atom stereocenters. The van der Waals surface area contributed by atoms with E-state index in [1.807, 2.05) is 13.8 Å². The molecule has 0 aromatic carbocycles. The summed E-state index contributed by atoms with van der Waals surface area (Å²) in [7, 11) is 0. The first-order valence-electron chi connectivity index (χ1n) is 5.40. The number of carbonyl (C=O) groups is 1. The van der Waals surface area contributed by atoms with E-state index < -0.39 is 5.97 Å². The van der Waals surface area contributed by atoms with Crippen molar-refractivity contribution >= 4 is 5.97 Å². The Bertz CT molecular complexity index is 206. The number of rotatable bonds is 6. The Hall–Kier alpha value is -0.790. The number of carboxylic acids is 1. The van der Waals surface area contributed by atoms with Crippen LogP contribution in [0.15, 0.2) is 11.6 Å². The van der Waals surface area contributed by atoms with Gasteiger partial charge in [0.05, 0.1) is 5.92 Å². The van der Waals surface area contributed by atoms with Crippen LogP contribution in [0.5, 0.6) is 0 Å². The van der Waals surface area contributed by atoms with Crippen molar-refractivity contribution < 1.29 is 9.90 Å². The minimum absolute atomic E-state index is 0.143. The van der Waals surface area contributed by atoms with Crippen molar-refractivity contribution in [2.24, 2.45) is 11.8 Å². The Balaban J connectivity index is 4.15. The molecule has 0 spiro atoms. The molecule has 2 atom stereocenters. The summed E-state index contributed by atoms with van der Waals surface area (Å²) in [6, 6.07) is 0. The van der Waals surface area contributed by atoms with Gasteiger partial charge in [0.2, 0.25) is 0 Å². The molecule has 0 amide bonds. The number of hydrogen-bond acceptors (Lipinski definition) is 1. The van der Waals surface area contributed by atoms with Gasteiger partial charge in [-0.1, -0.05) is 45.3 Å². The molecule has 0 aliphatic rings. The van der Waals surface area contributed by atoms with Crippen molar-refractivity contribution in [1.29, 1.82) is 0 Å². The van der Waals surface area contributed by atoms with Crippen LogP contribution in [0.4, 0.5) is 0 Å². The standard InChI is InChI=1S/C12H22O2/c1-5-6-7-8-9(2)10(3)11(4)12(13)14/h8,10-11H,5-7H2,1-4H3,(H,13,14)/b9-8+/t10-,11-/m1/s1. The third-order valence-corrected chi connectivity index (χ3v) is 2.88. The van der Waals surface area contributed by atoms with E-state index >= 15 is 0 Å². The van der Waals surface area contributed by atoms with Gasteiger partial charge in [0, 0.05) is 0 Å². The zero-order chi connectivity index (χ0) is 11.1. The summed E-state index contributed by atoms with van der Waals surface area (Å²) in [6.45, 7) is 7.94. The minimum atomic E-state index is -0.708. The molecule has 0 radical (unpaired) electrons. The molecular weight excluding hydrogens is 176 g/mol. The SMILES string of the molecule is CCCC/C=C(\C)[C@@H](C)[C@@H](C)C(=O)O. The number of allylic oxidation sites excluding steroid dienone is 2. The quantitative estimate of drug-likeness (QED) is 0.524. The lowest BCUT2D eigenvalue weighted by atomic mass is 9.89. The van der Waals surface area contributed by atoms with Crippen LogP contribution in [0.2, 0.25) is 0 Å². The van der Waals surface area contributed by atoms with Crippen molar-refractivity contribution in [2.45, 2.75) is 47.0 Å². The Morgan fingerprint density at radius 2 is 1.93 bits per heavy atom. The maximum absolute atomic E-state index is 10.7. The van der Waals surface area contributed by atoms with Crippen LogP contribution in [-0.4, -0.2) is 11.1 Å². The van der Waals surface area contributed by atoms with Crippen LogP contribution in [-0.2, 0) is 4.79 Å². The fraction of sp³-hybridized carbons (Fsp3) is 0.750. The monoisotopic (exact) mass is 198 g/mol. The second-order valence-electron chi connectivity index (χ2n) is 4.01. The van der Waals surface area contributed by atoms with Crippen LogP contribution in [0.3, 0.4) is 0 Å². The molecule has 2 heteroatoms. The predicted octanol–water partition coefficient (Wildman–Crippen LogP) is 3.48. The van der Waals surface area contributed by atoms with Gasteiger partial charge in [-0.15, -0.1) is 0 Å². The summed E-state index contributed by atoms with van der Waals surface area (Å²) in [5.74, 6) is -0.849. The molecule has 14 heavy (non-hydrogen) atoms. The van der Waals surface area contributed by atoms with Gasteiger partial charge in [-0.05, 0) is 19.3 Å². The highest BCUT2D eigenvalue weighted by Crippen LogP contribution is 2.20. The summed E-state index contributed by atoms with van der Waals surface area (Å²) < 4.78 is 0. The minimum Gasteiger partial charge on any atom is -0.481 e. The molecule has 0 bridgehead atoms. The molecule has 0 aliphatic carbocycles. The summed E-state index contributed by atoms with van der Waals surface area (Å²) in [5.41, 5.74) is 1.20. The molecule has 0 fully saturated rings. The van der Waals surface area contributed by atoms with Crippen LogP contribution in [0.1, 0.15) is 47.0 Å². The Morgan fingerprint density at radius 3 is 2.36 bits per heavy atom. The van der Waals surface area contributed by atoms with Crippen molar-refractivity contribution in [3.05, 3.63) is 11.6 Å². The topological polar surface area (TPSA) is 37.3 Å². The Labute approximate surface area is 87.0 Å². The van der Waals surface area contributed by atoms with E-state index in [4.69, 9.17) is 5.11 Å². The van der Waals surface area contributed by atoms with Gasteiger partial charge in [0.15, 0.2) is 0 Å². The molecule has 0 aromatic rings. The number of hydrogen-bond donors (Lipinski definition) is 1. The first kappa shape index (κ1) is 13.2. The Kier molecular flexibility index (Phi) is 6.26. The van der Waals surface area contributed by atoms with E-state index in [-0.39, 0.29) is 11.8 Å². The Morgan fingerprint density at radius 1 is 1.36 bits per heavy atom. The molecule has 1 N–H and O–H groups in total. The third kappa shape index (κ3) is 4.45. The zero-order valence-electron chi connectivity index (χ0n) is 9.71. The van der Waals surface area contributed by atoms with Gasteiger partial charge in [-0.2, -0.15) is 0 Å². The van der Waals surface area contributed by atoms with E-state index in [0.717, 1.165) is 6.42 Å². The first-order valence-corrected chi connectivity index (χ1v) is 5.40. The van der Waals surface area contributed by atoms with Gasteiger partial charge in [-0.25, -0.2) is 0 Å². The van der Waals surface area contributed by atoms with Crippen molar-refractivity contribution in [2.75, 3.05) is 0 Å². The largest absolute Gasteiger partial charge is 0.481 e. The van der Waals surface area contributed by atoms with Crippen molar-refractivity contribution in [1.82, 2.24) is 0 Å². The van der Waals surface area contributed by atoms with Gasteiger partial charge in [0.1, 0.15) is 0 Å². The fourth-order valence-corrected chi connectivity index (χ4v) is 1.33. The molecular formula is C12H22O2. The highest BCUT2D eigenvalue weighted by atomic mass is 16.4. The van der Waals surface area contributed by atoms with Gasteiger partial charge < -0.3 is 5.11 Å². The van der Waals surface area contributed by atoms with Crippen LogP contribution >= 0.6 is 0 Å². The molecule has 82 valence electrons. The molecule has 0 aliphatic heterocycles. The zero-order valence-corrected chi connectivity index (χ0v) is 9.71. The highest BCUT2D eigenvalue weighted by Gasteiger charge is 2.19. The van der Waals surface area contributed by atoms with E-state index in [2.05, 4.69) is 13.0 Å². The molecule has 0 saturated heterocycles. The number of unbranched alkanes of at least 4 members (excludes halogenated alkanes) is 2. The molecule has 0 aromatic heterocycles. The smallest absolute Gasteiger partial charge is 0.306 e. The van der Waals surface area contributed by atoms with Gasteiger partial charge in [0.25, 0.3) is 0 Å². The lowest BCUT2D eigenvalue weighted by molar-refractivity contribution is -0.142. The van der Waals surface area contributed by atoms with Gasteiger partial charge in [-0.3, -0.25) is 4.79 Å². The van der Waals surface area contributed by atoms with E-state index in [1.165, 1.54) is 18.4 Å². The second kappa shape index (κ2) is 6.63. The molecule has 0 rings (SSSR count). The van der Waals surface area contributed by atoms with Crippen LogP contribution < -0.4 is 0 Å². The maximum atomic E-state index is 10.7. The predicted molar refractivity (Wildman–Crippen MR) is 59.2 cm³/mol. The third-order valence-electron chi connectivity index (χ3n) is 2.88. The first-order chi connectivity index (χ1) is 6.50. The number of aliphatic carboxylic acids is 1. The normalized spacial score (nSPS) is 16.4. The van der Waals surface area contributed by atoms with Gasteiger partial charge >= 0.3 is 5.97 Å². The summed E-state index contributed by atoms with van der Waals surface area (Å²) in [4.78, 5) is 10.7. The average Bonchev–Trinajstić information content (AvgIpc) is 2.15. The lowest BCUT2D eigenvalue weighted by Crippen LogP contribution is -2.18. The summed E-state index contributed by atoms with van der Waals surface area (Å²) in [6.07, 6.45) is 5.62. The summed E-state index contributed by atoms with van der Waals surface area (Å²) in [5, 5.41) is 8.85. The molecule has 0 heterocycles. The molecule has 0 saturated carbocycles.